The molecular formula is C45H66F8N2O7S. The molecule has 7 atom stereocenters. The predicted octanol–water partition coefficient (Wildman–Crippen LogP) is 10.6. The number of likely N-dealkylation sites (tertiary alicyclic amines) is 1. The number of nitrogens with zero attached hydrogens (tertiary/aromatic N) is 2. The highest BCUT2D eigenvalue weighted by atomic mass is 32.2. The highest BCUT2D eigenvalue weighted by Crippen LogP contribution is 2.63. The molecule has 0 spiro atoms. The van der Waals surface area contributed by atoms with E-state index in [-0.39, 0.29) is 17.3 Å². The van der Waals surface area contributed by atoms with Crippen molar-refractivity contribution in [1.29, 1.82) is 0 Å². The Balaban J connectivity index is 0.000000985. The molecule has 2 heterocycles. The van der Waals surface area contributed by atoms with Crippen molar-refractivity contribution in [3.63, 3.8) is 0 Å². The number of rotatable bonds is 17. The van der Waals surface area contributed by atoms with E-state index in [4.69, 9.17) is 24.1 Å². The molecule has 2 saturated carbocycles. The zero-order valence-electron chi connectivity index (χ0n) is 36.6. The van der Waals surface area contributed by atoms with Crippen molar-refractivity contribution in [3.8, 4) is 5.75 Å². The Morgan fingerprint density at radius 1 is 0.873 bits per heavy atom. The molecule has 1 unspecified atom stereocenters. The van der Waals surface area contributed by atoms with Gasteiger partial charge in [-0.05, 0) is 123 Å². The van der Waals surface area contributed by atoms with Gasteiger partial charge in [-0.15, -0.1) is 0 Å². The lowest BCUT2D eigenvalue weighted by Crippen LogP contribution is -2.50. The van der Waals surface area contributed by atoms with E-state index in [9.17, 15) is 44.5 Å². The third kappa shape index (κ3) is 13.8. The summed E-state index contributed by atoms with van der Waals surface area (Å²) in [7, 11) is 1.87. The third-order valence-electron chi connectivity index (χ3n) is 14.5. The lowest BCUT2D eigenvalue weighted by Gasteiger charge is -2.53. The number of ether oxygens (including phenoxy) is 3. The summed E-state index contributed by atoms with van der Waals surface area (Å²) in [5.41, 5.74) is 2.98. The first-order chi connectivity index (χ1) is 29.7. The number of hydrogen-bond acceptors (Lipinski definition) is 7. The number of carbonyl (C=O) groups is 2. The number of methoxy groups -OCH3 is 1. The van der Waals surface area contributed by atoms with Crippen molar-refractivity contribution in [2.24, 2.45) is 23.2 Å². The lowest BCUT2D eigenvalue weighted by molar-refractivity contribution is -0.284. The van der Waals surface area contributed by atoms with Crippen LogP contribution in [0.5, 0.6) is 5.75 Å². The van der Waals surface area contributed by atoms with E-state index in [0.717, 1.165) is 96.9 Å². The summed E-state index contributed by atoms with van der Waals surface area (Å²) in [5, 5.41) is 7.12. The van der Waals surface area contributed by atoms with Crippen LogP contribution in [-0.2, 0) is 31.9 Å². The molecular weight excluding hydrogens is 865 g/mol. The molecule has 18 heteroatoms. The number of aliphatic carboxylic acids is 1. The van der Waals surface area contributed by atoms with Crippen LogP contribution in [0.15, 0.2) is 18.2 Å². The summed E-state index contributed by atoms with van der Waals surface area (Å²) < 4.78 is 125. The smallest absolute Gasteiger partial charge is 0.490 e. The number of morpholine rings is 1. The van der Waals surface area contributed by atoms with Crippen LogP contribution in [0, 0.1) is 23.2 Å². The summed E-state index contributed by atoms with van der Waals surface area (Å²) in [6.07, 6.45) is 3.53. The van der Waals surface area contributed by atoms with Crippen molar-refractivity contribution in [1.82, 2.24) is 9.80 Å². The molecule has 0 radical (unpaired) electrons. The van der Waals surface area contributed by atoms with E-state index in [1.807, 2.05) is 18.1 Å². The van der Waals surface area contributed by atoms with Crippen LogP contribution < -0.4 is 4.74 Å². The van der Waals surface area contributed by atoms with Crippen molar-refractivity contribution in [3.05, 3.63) is 29.3 Å². The standard InChI is InChI=1S/C43H65F5N2O5S.C2HF3O2/c1-41-20-16-36-35-13-12-34(55-40(51)50-21-17-33(18-22-50)49-23-25-54-26-24-49)30-32(35)29-31(39(36)37(41)14-15-38(41)53-2)11-8-6-4-3-5-7-9-27-56(52)28-10-19-42(44,45)43(46,47)48;3-2(4,5)1(6)7/h12-13,30-31,33,36-39H,3-11,14-29H2,1-2H3;(H,6,7)/t31-,36-,37+,38+,39-,41+,56?;/m1./s1. The Morgan fingerprint density at radius 3 is 2.11 bits per heavy atom. The minimum atomic E-state index is -5.55. The van der Waals surface area contributed by atoms with E-state index in [1.165, 1.54) is 30.4 Å². The number of carbonyl (C=O) groups excluding carboxylic acids is 1. The van der Waals surface area contributed by atoms with E-state index in [0.29, 0.717) is 66.8 Å². The number of carboxylic acids is 1. The second-order valence-corrected chi connectivity index (χ2v) is 20.1. The highest BCUT2D eigenvalue weighted by molar-refractivity contribution is 7.91. The minimum Gasteiger partial charge on any atom is -0.616 e. The Bertz CT molecular complexity index is 1610. The first-order valence-electron chi connectivity index (χ1n) is 22.8. The quantitative estimate of drug-likeness (QED) is 0.0934. The van der Waals surface area contributed by atoms with Gasteiger partial charge in [0.1, 0.15) is 17.3 Å². The molecule has 360 valence electrons. The van der Waals surface area contributed by atoms with Gasteiger partial charge in [-0.1, -0.05) is 56.3 Å². The Hall–Kier alpha value is -2.41. The fraction of sp³-hybridized carbons (Fsp3) is 0.822. The third-order valence-corrected chi connectivity index (χ3v) is 16.0. The number of carboxylic acid groups (broad SMARTS) is 1. The molecule has 9 nitrogen and oxygen atoms in total. The second-order valence-electron chi connectivity index (χ2n) is 18.4. The molecule has 2 aliphatic heterocycles. The maximum absolute atomic E-state index is 13.3. The molecule has 1 aromatic rings. The Labute approximate surface area is 369 Å². The average Bonchev–Trinajstić information content (AvgIpc) is 3.58. The van der Waals surface area contributed by atoms with Crippen LogP contribution >= 0.6 is 0 Å². The van der Waals surface area contributed by atoms with Gasteiger partial charge < -0.3 is 28.8 Å². The number of piperidine rings is 1. The first kappa shape index (κ1) is 51.6. The lowest BCUT2D eigenvalue weighted by atomic mass is 9.52. The van der Waals surface area contributed by atoms with E-state index >= 15 is 0 Å². The molecule has 2 saturated heterocycles. The maximum atomic E-state index is 13.3. The fourth-order valence-electron chi connectivity index (χ4n) is 11.2. The SMILES string of the molecule is CO[C@H]1CC[C@H]2[C@@H]3[C@H](CCCCCCCCC[S+]([O-])CCCC(F)(F)C(F)(F)F)Cc4cc(OC(=O)N5CCC(N6CCOCC6)CC5)ccc4[C@H]3CC[C@]12C.O=C(O)C(F)(F)F. The minimum absolute atomic E-state index is 0.118. The van der Waals surface area contributed by atoms with Crippen LogP contribution in [-0.4, -0.2) is 120 Å². The molecule has 63 heavy (non-hydrogen) atoms. The summed E-state index contributed by atoms with van der Waals surface area (Å²) in [4.78, 5) is 26.6. The number of benzene rings is 1. The number of alkyl halides is 8. The van der Waals surface area contributed by atoms with Gasteiger partial charge in [-0.2, -0.15) is 35.1 Å². The number of hydrogen-bond donors (Lipinski definition) is 1. The maximum Gasteiger partial charge on any atom is 0.490 e. The molecule has 0 bridgehead atoms. The van der Waals surface area contributed by atoms with E-state index in [1.54, 1.807) is 0 Å². The second kappa shape index (κ2) is 22.9. The predicted molar refractivity (Wildman–Crippen MR) is 222 cm³/mol. The van der Waals surface area contributed by atoms with Crippen LogP contribution in [0.2, 0.25) is 0 Å². The van der Waals surface area contributed by atoms with E-state index in [2.05, 4.69) is 24.0 Å². The number of fused-ring (bicyclic) bond motifs is 5. The number of unbranched alkanes of at least 4 members (excludes halogenated alkanes) is 6. The molecule has 5 aliphatic rings. The molecule has 4 fully saturated rings. The Kier molecular flexibility index (Phi) is 18.7. The van der Waals surface area contributed by atoms with Gasteiger partial charge in [-0.25, -0.2) is 9.59 Å². The monoisotopic (exact) mass is 930 g/mol. The largest absolute Gasteiger partial charge is 0.616 e. The van der Waals surface area contributed by atoms with E-state index < -0.39 is 48.3 Å². The van der Waals surface area contributed by atoms with Crippen molar-refractivity contribution in [2.45, 2.75) is 152 Å². The zero-order chi connectivity index (χ0) is 46.0. The fourth-order valence-corrected chi connectivity index (χ4v) is 12.4. The summed E-state index contributed by atoms with van der Waals surface area (Å²) in [6, 6.07) is 6.93. The van der Waals surface area contributed by atoms with Gasteiger partial charge in [-0.3, -0.25) is 4.90 Å². The van der Waals surface area contributed by atoms with Crippen LogP contribution in [0.4, 0.5) is 39.9 Å². The van der Waals surface area contributed by atoms with Gasteiger partial charge in [0.2, 0.25) is 0 Å². The van der Waals surface area contributed by atoms with Gasteiger partial charge in [0, 0.05) is 45.8 Å². The highest BCUT2D eigenvalue weighted by Gasteiger charge is 2.58. The number of amides is 1. The Morgan fingerprint density at radius 2 is 1.49 bits per heavy atom. The van der Waals surface area contributed by atoms with Gasteiger partial charge in [0.15, 0.2) is 0 Å². The van der Waals surface area contributed by atoms with Crippen molar-refractivity contribution < 1.29 is 68.6 Å². The van der Waals surface area contributed by atoms with Gasteiger partial charge in [0.05, 0.1) is 19.3 Å². The van der Waals surface area contributed by atoms with Gasteiger partial charge in [0.25, 0.3) is 0 Å². The molecule has 6 rings (SSSR count). The molecule has 1 amide bonds. The average molecular weight is 931 g/mol. The molecule has 3 aliphatic carbocycles. The summed E-state index contributed by atoms with van der Waals surface area (Å²) in [6.45, 7) is 7.39. The molecule has 1 N–H and O–H groups in total. The normalized spacial score (nSPS) is 27.4. The van der Waals surface area contributed by atoms with Crippen LogP contribution in [0.25, 0.3) is 0 Å². The molecule has 1 aromatic carbocycles. The molecule has 0 aromatic heterocycles. The first-order valence-corrected chi connectivity index (χ1v) is 24.3. The van der Waals surface area contributed by atoms with Gasteiger partial charge >= 0.3 is 30.3 Å². The van der Waals surface area contributed by atoms with Crippen molar-refractivity contribution >= 4 is 23.2 Å². The van der Waals surface area contributed by atoms with Crippen molar-refractivity contribution in [2.75, 3.05) is 58.0 Å². The summed E-state index contributed by atoms with van der Waals surface area (Å²) >= 11 is -1.37. The van der Waals surface area contributed by atoms with Crippen LogP contribution in [0.1, 0.15) is 127 Å². The summed E-state index contributed by atoms with van der Waals surface area (Å²) in [5.74, 6) is -4.28. The number of halogens is 8. The van der Waals surface area contributed by atoms with Crippen LogP contribution in [0.3, 0.4) is 0 Å². The zero-order valence-corrected chi connectivity index (χ0v) is 37.4. The topological polar surface area (TPSA) is 112 Å².